The lowest BCUT2D eigenvalue weighted by Gasteiger charge is -2.23. The molecule has 1 amide bonds. The number of carboxylic acids is 1. The highest BCUT2D eigenvalue weighted by molar-refractivity contribution is 5.87. The number of amides is 1. The Kier molecular flexibility index (Phi) is 7.38. The topological polar surface area (TPSA) is 104 Å². The van der Waals surface area contributed by atoms with Crippen LogP contribution in [0.2, 0.25) is 0 Å². The second-order valence-electron chi connectivity index (χ2n) is 9.74. The summed E-state index contributed by atoms with van der Waals surface area (Å²) in [6.07, 6.45) is 5.27. The molecule has 7 heteroatoms. The van der Waals surface area contributed by atoms with E-state index in [1.54, 1.807) is 30.3 Å². The molecule has 7 nitrogen and oxygen atoms in total. The molecule has 2 atom stereocenters. The molecule has 1 aromatic heterocycles. The van der Waals surface area contributed by atoms with E-state index in [4.69, 9.17) is 9.52 Å². The number of carboxylic acid groups (broad SMARTS) is 1. The Morgan fingerprint density at radius 1 is 1.13 bits per heavy atom. The Morgan fingerprint density at radius 2 is 1.92 bits per heavy atom. The average molecular weight is 511 g/mol. The average Bonchev–Trinajstić information content (AvgIpc) is 3.51. The minimum Gasteiger partial charge on any atom is -0.478 e. The van der Waals surface area contributed by atoms with Gasteiger partial charge in [0.2, 0.25) is 11.8 Å². The number of para-hydroxylation sites is 1. The highest BCUT2D eigenvalue weighted by Crippen LogP contribution is 2.27. The van der Waals surface area contributed by atoms with E-state index in [9.17, 15) is 14.7 Å². The summed E-state index contributed by atoms with van der Waals surface area (Å²) in [5.74, 6) is -0.306. The maximum Gasteiger partial charge on any atom is 0.335 e. The first-order valence-corrected chi connectivity index (χ1v) is 12.8. The molecule has 0 unspecified atom stereocenters. The van der Waals surface area contributed by atoms with Crippen LogP contribution in [0.25, 0.3) is 22.6 Å². The third-order valence-electron chi connectivity index (χ3n) is 7.01. The predicted molar refractivity (Wildman–Crippen MR) is 145 cm³/mol. The summed E-state index contributed by atoms with van der Waals surface area (Å²) in [7, 11) is 0. The molecule has 1 saturated heterocycles. The number of hydrogen-bond acceptors (Lipinski definition) is 5. The van der Waals surface area contributed by atoms with E-state index in [0.717, 1.165) is 33.4 Å². The number of nitrogens with zero attached hydrogens (tertiary/aromatic N) is 2. The van der Waals surface area contributed by atoms with Gasteiger partial charge in [-0.2, -0.15) is 0 Å². The van der Waals surface area contributed by atoms with E-state index in [1.807, 2.05) is 60.4 Å². The fourth-order valence-corrected chi connectivity index (χ4v) is 4.92. The Hall–Kier alpha value is -4.23. The van der Waals surface area contributed by atoms with Crippen LogP contribution in [0.1, 0.15) is 39.9 Å². The summed E-state index contributed by atoms with van der Waals surface area (Å²) >= 11 is 0. The van der Waals surface area contributed by atoms with Gasteiger partial charge in [0.25, 0.3) is 0 Å². The summed E-state index contributed by atoms with van der Waals surface area (Å²) in [6.45, 7) is 2.55. The van der Waals surface area contributed by atoms with E-state index in [1.165, 1.54) is 0 Å². The first-order valence-electron chi connectivity index (χ1n) is 12.8. The minimum atomic E-state index is -0.956. The van der Waals surface area contributed by atoms with Gasteiger partial charge in [0.1, 0.15) is 5.52 Å². The molecule has 4 aromatic rings. The van der Waals surface area contributed by atoms with Gasteiger partial charge in [-0.3, -0.25) is 4.79 Å². The zero-order chi connectivity index (χ0) is 26.6. The lowest BCUT2D eigenvalue weighted by atomic mass is 10.0. The van der Waals surface area contributed by atoms with Crippen LogP contribution in [-0.2, 0) is 17.6 Å². The number of fused-ring (bicyclic) bond motifs is 1. The standard InChI is InChI=1S/C31H30N2O5/c1-20-4-2-7-27-29(20)32-30(38-27)24-6-3-5-22(18-24)19-26(34)14-12-25-13-15-28(35)33(25)17-16-21-8-10-23(11-9-21)31(36)37/h2-12,14,18,25-26,34H,13,15-17,19H2,1H3,(H,36,37)/b14-12+/t25-,26+/m0/s1. The van der Waals surface area contributed by atoms with E-state index in [0.29, 0.717) is 38.1 Å². The van der Waals surface area contributed by atoms with Gasteiger partial charge in [0.05, 0.1) is 17.7 Å². The number of aliphatic hydroxyl groups excluding tert-OH is 1. The fourth-order valence-electron chi connectivity index (χ4n) is 4.92. The molecule has 5 rings (SSSR count). The molecule has 0 aliphatic carbocycles. The van der Waals surface area contributed by atoms with E-state index >= 15 is 0 Å². The number of aromatic carboxylic acids is 1. The van der Waals surface area contributed by atoms with Crippen molar-refractivity contribution in [2.45, 2.75) is 44.8 Å². The molecule has 3 aromatic carbocycles. The highest BCUT2D eigenvalue weighted by atomic mass is 16.4. The van der Waals surface area contributed by atoms with Gasteiger partial charge < -0.3 is 19.5 Å². The number of benzene rings is 3. The largest absolute Gasteiger partial charge is 0.478 e. The summed E-state index contributed by atoms with van der Waals surface area (Å²) in [5.41, 5.74) is 5.71. The molecule has 0 saturated carbocycles. The number of likely N-dealkylation sites (tertiary alicyclic amines) is 1. The molecular weight excluding hydrogens is 480 g/mol. The summed E-state index contributed by atoms with van der Waals surface area (Å²) in [5, 5.41) is 19.8. The molecule has 38 heavy (non-hydrogen) atoms. The number of aliphatic hydroxyl groups is 1. The van der Waals surface area contributed by atoms with E-state index < -0.39 is 12.1 Å². The van der Waals surface area contributed by atoms with Gasteiger partial charge in [0, 0.05) is 24.9 Å². The van der Waals surface area contributed by atoms with Crippen LogP contribution in [0.4, 0.5) is 0 Å². The van der Waals surface area contributed by atoms with Gasteiger partial charge in [-0.25, -0.2) is 9.78 Å². The Morgan fingerprint density at radius 3 is 2.68 bits per heavy atom. The number of oxazole rings is 1. The van der Waals surface area contributed by atoms with Crippen molar-refractivity contribution in [2.75, 3.05) is 6.54 Å². The molecule has 194 valence electrons. The number of aryl methyl sites for hydroxylation is 1. The quantitative estimate of drug-likeness (QED) is 0.300. The van der Waals surface area contributed by atoms with Crippen molar-refractivity contribution in [3.63, 3.8) is 0 Å². The lowest BCUT2D eigenvalue weighted by Crippen LogP contribution is -2.33. The zero-order valence-corrected chi connectivity index (χ0v) is 21.2. The normalized spacial score (nSPS) is 16.5. The molecule has 0 bridgehead atoms. The monoisotopic (exact) mass is 510 g/mol. The minimum absolute atomic E-state index is 0.0650. The van der Waals surface area contributed by atoms with Crippen molar-refractivity contribution in [3.8, 4) is 11.5 Å². The zero-order valence-electron chi connectivity index (χ0n) is 21.2. The summed E-state index contributed by atoms with van der Waals surface area (Å²) in [6, 6.07) is 20.4. The van der Waals surface area contributed by atoms with Crippen molar-refractivity contribution in [1.29, 1.82) is 0 Å². The number of rotatable bonds is 9. The highest BCUT2D eigenvalue weighted by Gasteiger charge is 2.28. The van der Waals surface area contributed by atoms with Crippen LogP contribution >= 0.6 is 0 Å². The van der Waals surface area contributed by atoms with Crippen LogP contribution in [0.15, 0.2) is 83.3 Å². The Bertz CT molecular complexity index is 1490. The molecule has 1 aliphatic heterocycles. The maximum atomic E-state index is 12.5. The Labute approximate surface area is 221 Å². The van der Waals surface area contributed by atoms with Crippen LogP contribution in [0.3, 0.4) is 0 Å². The summed E-state index contributed by atoms with van der Waals surface area (Å²) < 4.78 is 5.95. The fraction of sp³-hybridized carbons (Fsp3) is 0.258. The summed E-state index contributed by atoms with van der Waals surface area (Å²) in [4.78, 5) is 30.0. The molecular formula is C31H30N2O5. The number of carbonyl (C=O) groups is 2. The smallest absolute Gasteiger partial charge is 0.335 e. The van der Waals surface area contributed by atoms with Gasteiger partial charge >= 0.3 is 5.97 Å². The SMILES string of the molecule is Cc1cccc2oc(-c3cccc(C[C@H](O)/C=C/[C@H]4CCC(=O)N4CCc4ccc(C(=O)O)cc4)c3)nc12. The first kappa shape index (κ1) is 25.4. The predicted octanol–water partition coefficient (Wildman–Crippen LogP) is 5.19. The van der Waals surface area contributed by atoms with E-state index in [2.05, 4.69) is 4.98 Å². The molecule has 0 radical (unpaired) electrons. The van der Waals surface area contributed by atoms with Crippen molar-refractivity contribution in [2.24, 2.45) is 0 Å². The molecule has 0 spiro atoms. The number of carbonyl (C=O) groups excluding carboxylic acids is 1. The molecule has 1 fully saturated rings. The Balaban J connectivity index is 1.21. The van der Waals surface area contributed by atoms with Gasteiger partial charge in [-0.1, -0.05) is 48.6 Å². The van der Waals surface area contributed by atoms with Crippen LogP contribution in [0.5, 0.6) is 0 Å². The van der Waals surface area contributed by atoms with Crippen molar-refractivity contribution >= 4 is 23.0 Å². The van der Waals surface area contributed by atoms with Crippen molar-refractivity contribution < 1.29 is 24.2 Å². The number of hydrogen-bond donors (Lipinski definition) is 2. The lowest BCUT2D eigenvalue weighted by molar-refractivity contribution is -0.128. The van der Waals surface area contributed by atoms with Crippen molar-refractivity contribution in [1.82, 2.24) is 9.88 Å². The second kappa shape index (κ2) is 11.0. The van der Waals surface area contributed by atoms with E-state index in [-0.39, 0.29) is 17.5 Å². The van der Waals surface area contributed by atoms with Gasteiger partial charge in [0.15, 0.2) is 5.58 Å². The van der Waals surface area contributed by atoms with Gasteiger partial charge in [-0.15, -0.1) is 0 Å². The first-order chi connectivity index (χ1) is 18.4. The van der Waals surface area contributed by atoms with Crippen LogP contribution < -0.4 is 0 Å². The molecule has 1 aliphatic rings. The van der Waals surface area contributed by atoms with Crippen LogP contribution in [0, 0.1) is 6.92 Å². The second-order valence-corrected chi connectivity index (χ2v) is 9.74. The molecule has 2 heterocycles. The third-order valence-corrected chi connectivity index (χ3v) is 7.01. The van der Waals surface area contributed by atoms with Gasteiger partial charge in [-0.05, 0) is 66.8 Å². The van der Waals surface area contributed by atoms with Crippen molar-refractivity contribution in [3.05, 3.63) is 101 Å². The van der Waals surface area contributed by atoms with Crippen LogP contribution in [-0.4, -0.2) is 50.7 Å². The number of aromatic nitrogens is 1. The molecule has 2 N–H and O–H groups in total. The third kappa shape index (κ3) is 5.68. The maximum absolute atomic E-state index is 12.5.